The number of rotatable bonds is 13. The number of aromatic nitrogens is 3. The Balaban J connectivity index is 1.40. The zero-order chi connectivity index (χ0) is 24.3. The van der Waals surface area contributed by atoms with Crippen LogP contribution in [-0.2, 0) is 13.0 Å². The molecule has 0 unspecified atom stereocenters. The van der Waals surface area contributed by atoms with E-state index in [0.717, 1.165) is 65.5 Å². The van der Waals surface area contributed by atoms with Crippen molar-refractivity contribution >= 4 is 11.8 Å². The third-order valence-electron chi connectivity index (χ3n) is 5.41. The van der Waals surface area contributed by atoms with Crippen molar-refractivity contribution in [2.45, 2.75) is 31.5 Å². The molecule has 0 aliphatic carbocycles. The summed E-state index contributed by atoms with van der Waals surface area (Å²) < 4.78 is 19.1. The van der Waals surface area contributed by atoms with E-state index < -0.39 is 0 Å². The molecule has 1 heterocycles. The van der Waals surface area contributed by atoms with Gasteiger partial charge in [-0.3, -0.25) is 0 Å². The second kappa shape index (κ2) is 12.9. The second-order valence-corrected chi connectivity index (χ2v) is 9.00. The highest BCUT2D eigenvalue weighted by atomic mass is 32.2. The van der Waals surface area contributed by atoms with E-state index in [0.29, 0.717) is 6.61 Å². The Labute approximate surface area is 211 Å². The fourth-order valence-electron chi connectivity index (χ4n) is 3.58. The lowest BCUT2D eigenvalue weighted by molar-refractivity contribution is 0.314. The van der Waals surface area contributed by atoms with Gasteiger partial charge in [0.05, 0.1) is 20.3 Å². The van der Waals surface area contributed by atoms with Crippen LogP contribution in [0.15, 0.2) is 84.0 Å². The van der Waals surface area contributed by atoms with Crippen molar-refractivity contribution in [2.75, 3.05) is 26.1 Å². The van der Waals surface area contributed by atoms with Gasteiger partial charge in [-0.1, -0.05) is 49.0 Å². The fourth-order valence-corrected chi connectivity index (χ4v) is 4.36. The topological polar surface area (TPSA) is 58.4 Å². The van der Waals surface area contributed by atoms with Crippen LogP contribution in [0, 0.1) is 0 Å². The molecular weight excluding hydrogens is 458 g/mol. The minimum absolute atomic E-state index is 0.573. The summed E-state index contributed by atoms with van der Waals surface area (Å²) in [6, 6.07) is 26.2. The summed E-state index contributed by atoms with van der Waals surface area (Å²) in [5.74, 6) is 4.14. The molecule has 0 saturated heterocycles. The summed E-state index contributed by atoms with van der Waals surface area (Å²) in [6.07, 6.45) is 1.89. The van der Waals surface area contributed by atoms with Gasteiger partial charge >= 0.3 is 0 Å². The van der Waals surface area contributed by atoms with Crippen LogP contribution in [0.25, 0.3) is 11.4 Å². The Bertz CT molecular complexity index is 1160. The molecule has 0 saturated carbocycles. The molecule has 0 atom stereocenters. The number of hydrogen-bond acceptors (Lipinski definition) is 6. The summed E-state index contributed by atoms with van der Waals surface area (Å²) in [6.45, 7) is 4.18. The molecule has 182 valence electrons. The standard InChI is InChI=1S/C28H31N3O3S/c1-3-19-33-25-13-15-26(16-14-25)34-20-21-35-28-30-29-27(23-9-11-24(32-2)12-10-23)31(28)18-17-22-7-5-4-6-8-22/h4-16H,3,17-21H2,1-2H3. The van der Waals surface area contributed by atoms with E-state index in [1.807, 2.05) is 54.6 Å². The van der Waals surface area contributed by atoms with Crippen molar-refractivity contribution in [1.82, 2.24) is 14.8 Å². The van der Waals surface area contributed by atoms with Gasteiger partial charge in [-0.05, 0) is 66.9 Å². The third-order valence-corrected chi connectivity index (χ3v) is 6.34. The first-order valence-corrected chi connectivity index (χ1v) is 12.9. The predicted octanol–water partition coefficient (Wildman–Crippen LogP) is 6.16. The van der Waals surface area contributed by atoms with Crippen LogP contribution < -0.4 is 14.2 Å². The number of benzene rings is 3. The molecule has 0 N–H and O–H groups in total. The number of hydrogen-bond donors (Lipinski definition) is 0. The molecule has 0 aliphatic heterocycles. The molecule has 4 aromatic rings. The van der Waals surface area contributed by atoms with E-state index in [2.05, 4.69) is 46.0 Å². The number of thioether (sulfide) groups is 1. The van der Waals surface area contributed by atoms with Crippen LogP contribution in [0.3, 0.4) is 0 Å². The van der Waals surface area contributed by atoms with E-state index in [1.54, 1.807) is 18.9 Å². The quantitative estimate of drug-likeness (QED) is 0.166. The summed E-state index contributed by atoms with van der Waals surface area (Å²) in [5.41, 5.74) is 2.30. The maximum Gasteiger partial charge on any atom is 0.191 e. The summed E-state index contributed by atoms with van der Waals surface area (Å²) in [4.78, 5) is 0. The van der Waals surface area contributed by atoms with Crippen molar-refractivity contribution in [2.24, 2.45) is 0 Å². The van der Waals surface area contributed by atoms with Gasteiger partial charge in [0.2, 0.25) is 0 Å². The Kier molecular flexibility index (Phi) is 9.06. The van der Waals surface area contributed by atoms with Gasteiger partial charge in [0, 0.05) is 17.9 Å². The average molecular weight is 490 g/mol. The van der Waals surface area contributed by atoms with Crippen molar-refractivity contribution in [3.05, 3.63) is 84.4 Å². The Morgan fingerprint density at radius 2 is 1.43 bits per heavy atom. The van der Waals surface area contributed by atoms with Gasteiger partial charge in [0.15, 0.2) is 11.0 Å². The number of methoxy groups -OCH3 is 1. The SMILES string of the molecule is CCCOc1ccc(OCCSc2nnc(-c3ccc(OC)cc3)n2CCc2ccccc2)cc1. The van der Waals surface area contributed by atoms with Gasteiger partial charge in [0.25, 0.3) is 0 Å². The van der Waals surface area contributed by atoms with Crippen molar-refractivity contribution in [3.8, 4) is 28.6 Å². The monoisotopic (exact) mass is 489 g/mol. The van der Waals surface area contributed by atoms with Crippen molar-refractivity contribution < 1.29 is 14.2 Å². The number of aryl methyl sites for hydroxylation is 1. The second-order valence-electron chi connectivity index (χ2n) is 7.94. The molecule has 3 aromatic carbocycles. The molecule has 0 fully saturated rings. The molecule has 0 aliphatic rings. The van der Waals surface area contributed by atoms with E-state index >= 15 is 0 Å². The fraction of sp³-hybridized carbons (Fsp3) is 0.286. The van der Waals surface area contributed by atoms with Crippen LogP contribution in [0.2, 0.25) is 0 Å². The van der Waals surface area contributed by atoms with Gasteiger partial charge < -0.3 is 18.8 Å². The summed E-state index contributed by atoms with van der Waals surface area (Å²) in [5, 5.41) is 9.91. The molecule has 0 radical (unpaired) electrons. The maximum absolute atomic E-state index is 5.93. The first-order valence-electron chi connectivity index (χ1n) is 11.9. The molecule has 6 nitrogen and oxygen atoms in total. The minimum atomic E-state index is 0.573. The minimum Gasteiger partial charge on any atom is -0.497 e. The third kappa shape index (κ3) is 7.02. The van der Waals surface area contributed by atoms with Crippen LogP contribution in [0.1, 0.15) is 18.9 Å². The van der Waals surface area contributed by atoms with E-state index in [4.69, 9.17) is 14.2 Å². The predicted molar refractivity (Wildman–Crippen MR) is 141 cm³/mol. The lowest BCUT2D eigenvalue weighted by atomic mass is 10.1. The lowest BCUT2D eigenvalue weighted by Gasteiger charge is -2.11. The van der Waals surface area contributed by atoms with E-state index in [-0.39, 0.29) is 0 Å². The van der Waals surface area contributed by atoms with E-state index in [1.165, 1.54) is 5.56 Å². The molecular formula is C28H31N3O3S. The van der Waals surface area contributed by atoms with Crippen LogP contribution in [0.5, 0.6) is 17.2 Å². The number of nitrogens with zero attached hydrogens (tertiary/aromatic N) is 3. The van der Waals surface area contributed by atoms with Crippen LogP contribution >= 0.6 is 11.8 Å². The maximum atomic E-state index is 5.93. The van der Waals surface area contributed by atoms with Crippen LogP contribution in [0.4, 0.5) is 0 Å². The Morgan fingerprint density at radius 1 is 0.771 bits per heavy atom. The zero-order valence-corrected chi connectivity index (χ0v) is 21.0. The summed E-state index contributed by atoms with van der Waals surface area (Å²) in [7, 11) is 1.67. The molecule has 1 aromatic heterocycles. The molecule has 35 heavy (non-hydrogen) atoms. The molecule has 7 heteroatoms. The van der Waals surface area contributed by atoms with Crippen molar-refractivity contribution in [1.29, 1.82) is 0 Å². The highest BCUT2D eigenvalue weighted by Gasteiger charge is 2.15. The first kappa shape index (κ1) is 24.7. The van der Waals surface area contributed by atoms with Gasteiger partial charge in [-0.2, -0.15) is 0 Å². The highest BCUT2D eigenvalue weighted by molar-refractivity contribution is 7.99. The van der Waals surface area contributed by atoms with Crippen LogP contribution in [-0.4, -0.2) is 40.8 Å². The molecule has 0 bridgehead atoms. The first-order chi connectivity index (χ1) is 17.3. The lowest BCUT2D eigenvalue weighted by Crippen LogP contribution is -2.07. The van der Waals surface area contributed by atoms with Gasteiger partial charge in [-0.25, -0.2) is 0 Å². The largest absolute Gasteiger partial charge is 0.497 e. The molecule has 0 amide bonds. The van der Waals surface area contributed by atoms with Gasteiger partial charge in [-0.15, -0.1) is 10.2 Å². The van der Waals surface area contributed by atoms with Crippen molar-refractivity contribution in [3.63, 3.8) is 0 Å². The normalized spacial score (nSPS) is 10.8. The molecule has 0 spiro atoms. The summed E-state index contributed by atoms with van der Waals surface area (Å²) >= 11 is 1.65. The average Bonchev–Trinajstić information content (AvgIpc) is 3.32. The van der Waals surface area contributed by atoms with E-state index in [9.17, 15) is 0 Å². The highest BCUT2D eigenvalue weighted by Crippen LogP contribution is 2.26. The number of ether oxygens (including phenoxy) is 3. The Hall–Kier alpha value is -3.45. The zero-order valence-electron chi connectivity index (χ0n) is 20.2. The molecule has 4 rings (SSSR count). The van der Waals surface area contributed by atoms with Gasteiger partial charge in [0.1, 0.15) is 17.2 Å². The Morgan fingerprint density at radius 3 is 2.09 bits per heavy atom. The smallest absolute Gasteiger partial charge is 0.191 e.